The molecule has 1 N–H and O–H groups in total. The molecule has 1 unspecified atom stereocenters. The predicted octanol–water partition coefficient (Wildman–Crippen LogP) is 1.41. The first-order chi connectivity index (χ1) is 8.93. The summed E-state index contributed by atoms with van der Waals surface area (Å²) in [5, 5.41) is 9.41. The average molecular weight is 265 g/mol. The lowest BCUT2D eigenvalue weighted by Gasteiger charge is -2.32. The van der Waals surface area contributed by atoms with Crippen molar-refractivity contribution in [1.82, 2.24) is 4.90 Å². The molecule has 19 heavy (non-hydrogen) atoms. The van der Waals surface area contributed by atoms with E-state index >= 15 is 0 Å². The number of hydrogen-bond donors (Lipinski definition) is 1. The number of fused-ring (bicyclic) bond motifs is 1. The van der Waals surface area contributed by atoms with E-state index in [4.69, 9.17) is 9.47 Å². The largest absolute Gasteiger partial charge is 0.486 e. The molecule has 1 aliphatic heterocycles. The van der Waals surface area contributed by atoms with Crippen LogP contribution in [0.3, 0.4) is 0 Å². The molecule has 5 nitrogen and oxygen atoms in total. The first kappa shape index (κ1) is 13.7. The molecule has 104 valence electrons. The van der Waals surface area contributed by atoms with Crippen molar-refractivity contribution in [3.63, 3.8) is 0 Å². The molecular weight excluding hydrogens is 246 g/mol. The number of carboxylic acids is 1. The number of carbonyl (C=O) groups is 1. The monoisotopic (exact) mass is 265 g/mol. The van der Waals surface area contributed by atoms with E-state index in [0.717, 1.165) is 11.3 Å². The highest BCUT2D eigenvalue weighted by Gasteiger charge is 2.36. The van der Waals surface area contributed by atoms with Crippen LogP contribution >= 0.6 is 0 Å². The van der Waals surface area contributed by atoms with Crippen LogP contribution in [-0.2, 0) is 11.2 Å². The number of rotatable bonds is 4. The van der Waals surface area contributed by atoms with Crippen LogP contribution in [0, 0.1) is 0 Å². The van der Waals surface area contributed by atoms with Crippen LogP contribution in [0.15, 0.2) is 18.2 Å². The molecule has 1 atom stereocenters. The fourth-order valence-corrected chi connectivity index (χ4v) is 2.02. The van der Waals surface area contributed by atoms with Gasteiger partial charge in [0, 0.05) is 6.42 Å². The Morgan fingerprint density at radius 1 is 1.32 bits per heavy atom. The maximum Gasteiger partial charge on any atom is 0.324 e. The smallest absolute Gasteiger partial charge is 0.324 e. The van der Waals surface area contributed by atoms with E-state index in [1.807, 2.05) is 18.2 Å². The van der Waals surface area contributed by atoms with Crippen LogP contribution in [0.4, 0.5) is 0 Å². The number of benzene rings is 1. The SMILES string of the molecule is CN(C)C(C)(Cc1ccc2c(c1)OCCO2)C(=O)O. The number of carboxylic acid groups (broad SMARTS) is 1. The van der Waals surface area contributed by atoms with Gasteiger partial charge in [0.05, 0.1) is 0 Å². The molecule has 0 aliphatic carbocycles. The molecule has 1 heterocycles. The molecule has 0 saturated carbocycles. The van der Waals surface area contributed by atoms with Gasteiger partial charge in [-0.25, -0.2) is 0 Å². The number of likely N-dealkylation sites (N-methyl/N-ethyl adjacent to an activating group) is 1. The molecule has 1 aliphatic rings. The van der Waals surface area contributed by atoms with Gasteiger partial charge in [-0.05, 0) is 38.7 Å². The third kappa shape index (κ3) is 2.66. The molecule has 5 heteroatoms. The van der Waals surface area contributed by atoms with E-state index in [1.165, 1.54) is 0 Å². The third-order valence-electron chi connectivity index (χ3n) is 3.60. The van der Waals surface area contributed by atoms with Crippen LogP contribution in [0.2, 0.25) is 0 Å². The summed E-state index contributed by atoms with van der Waals surface area (Å²) in [7, 11) is 3.54. The summed E-state index contributed by atoms with van der Waals surface area (Å²) in [4.78, 5) is 13.2. The fraction of sp³-hybridized carbons (Fsp3) is 0.500. The van der Waals surface area contributed by atoms with Crippen molar-refractivity contribution in [2.24, 2.45) is 0 Å². The van der Waals surface area contributed by atoms with Crippen molar-refractivity contribution in [2.75, 3.05) is 27.3 Å². The zero-order chi connectivity index (χ0) is 14.0. The highest BCUT2D eigenvalue weighted by molar-refractivity contribution is 5.78. The molecule has 0 bridgehead atoms. The molecule has 2 rings (SSSR count). The second kappa shape index (κ2) is 5.09. The summed E-state index contributed by atoms with van der Waals surface area (Å²) in [5.41, 5.74) is -0.0214. The Bertz CT molecular complexity index is 486. The Labute approximate surface area is 112 Å². The standard InChI is InChI=1S/C14H19NO4/c1-14(13(16)17,15(2)3)9-10-4-5-11-12(8-10)19-7-6-18-11/h4-5,8H,6-7,9H2,1-3H3,(H,16,17). The van der Waals surface area contributed by atoms with Gasteiger partial charge in [-0.1, -0.05) is 6.07 Å². The minimum atomic E-state index is -0.941. The molecule has 0 aromatic heterocycles. The lowest BCUT2D eigenvalue weighted by atomic mass is 9.91. The van der Waals surface area contributed by atoms with E-state index in [0.29, 0.717) is 25.4 Å². The Kier molecular flexibility index (Phi) is 3.66. The maximum atomic E-state index is 11.5. The Hall–Kier alpha value is -1.75. The summed E-state index contributed by atoms with van der Waals surface area (Å²) in [6.07, 6.45) is 0.409. The summed E-state index contributed by atoms with van der Waals surface area (Å²) in [6, 6.07) is 5.58. The lowest BCUT2D eigenvalue weighted by molar-refractivity contribution is -0.148. The van der Waals surface area contributed by atoms with Crippen molar-refractivity contribution in [3.05, 3.63) is 23.8 Å². The van der Waals surface area contributed by atoms with E-state index in [9.17, 15) is 9.90 Å². The predicted molar refractivity (Wildman–Crippen MR) is 70.9 cm³/mol. The van der Waals surface area contributed by atoms with E-state index in [2.05, 4.69) is 0 Å². The second-order valence-electron chi connectivity index (χ2n) is 5.13. The van der Waals surface area contributed by atoms with Gasteiger partial charge in [-0.15, -0.1) is 0 Å². The van der Waals surface area contributed by atoms with E-state index < -0.39 is 11.5 Å². The molecular formula is C14H19NO4. The quantitative estimate of drug-likeness (QED) is 0.892. The first-order valence-corrected chi connectivity index (χ1v) is 6.23. The van der Waals surface area contributed by atoms with Crippen LogP contribution in [0.25, 0.3) is 0 Å². The Morgan fingerprint density at radius 2 is 1.95 bits per heavy atom. The van der Waals surface area contributed by atoms with E-state index in [-0.39, 0.29) is 0 Å². The minimum Gasteiger partial charge on any atom is -0.486 e. The number of aliphatic carboxylic acids is 1. The van der Waals surface area contributed by atoms with Crippen molar-refractivity contribution in [1.29, 1.82) is 0 Å². The maximum absolute atomic E-state index is 11.5. The van der Waals surface area contributed by atoms with Gasteiger partial charge in [0.2, 0.25) is 0 Å². The number of nitrogens with zero attached hydrogens (tertiary/aromatic N) is 1. The van der Waals surface area contributed by atoms with Gasteiger partial charge < -0.3 is 14.6 Å². The van der Waals surface area contributed by atoms with Crippen LogP contribution in [0.1, 0.15) is 12.5 Å². The second-order valence-corrected chi connectivity index (χ2v) is 5.13. The van der Waals surface area contributed by atoms with Gasteiger partial charge in [0.25, 0.3) is 0 Å². The molecule has 1 aromatic rings. The normalized spacial score (nSPS) is 17.1. The molecule has 0 saturated heterocycles. The molecule has 0 spiro atoms. The summed E-state index contributed by atoms with van der Waals surface area (Å²) < 4.78 is 11.0. The van der Waals surface area contributed by atoms with Gasteiger partial charge in [-0.3, -0.25) is 9.69 Å². The lowest BCUT2D eigenvalue weighted by Crippen LogP contribution is -2.50. The third-order valence-corrected chi connectivity index (χ3v) is 3.60. The van der Waals surface area contributed by atoms with Crippen molar-refractivity contribution < 1.29 is 19.4 Å². The van der Waals surface area contributed by atoms with Gasteiger partial charge in [0.15, 0.2) is 11.5 Å². The zero-order valence-electron chi connectivity index (χ0n) is 11.5. The van der Waals surface area contributed by atoms with Gasteiger partial charge in [0.1, 0.15) is 18.8 Å². The molecule has 1 aromatic carbocycles. The fourth-order valence-electron chi connectivity index (χ4n) is 2.02. The number of hydrogen-bond acceptors (Lipinski definition) is 4. The summed E-state index contributed by atoms with van der Waals surface area (Å²) in [6.45, 7) is 2.79. The van der Waals surface area contributed by atoms with Crippen molar-refractivity contribution in [2.45, 2.75) is 18.9 Å². The van der Waals surface area contributed by atoms with Crippen LogP contribution < -0.4 is 9.47 Å². The molecule has 0 radical (unpaired) electrons. The summed E-state index contributed by atoms with van der Waals surface area (Å²) in [5.74, 6) is 0.569. The topological polar surface area (TPSA) is 59.0 Å². The zero-order valence-corrected chi connectivity index (χ0v) is 11.5. The van der Waals surface area contributed by atoms with Crippen LogP contribution in [-0.4, -0.2) is 48.8 Å². The summed E-state index contributed by atoms with van der Waals surface area (Å²) >= 11 is 0. The van der Waals surface area contributed by atoms with Gasteiger partial charge >= 0.3 is 5.97 Å². The Morgan fingerprint density at radius 3 is 2.53 bits per heavy atom. The van der Waals surface area contributed by atoms with E-state index in [1.54, 1.807) is 25.9 Å². The highest BCUT2D eigenvalue weighted by atomic mass is 16.6. The first-order valence-electron chi connectivity index (χ1n) is 6.23. The molecule has 0 fully saturated rings. The highest BCUT2D eigenvalue weighted by Crippen LogP contribution is 2.32. The molecule has 0 amide bonds. The van der Waals surface area contributed by atoms with Crippen molar-refractivity contribution >= 4 is 5.97 Å². The minimum absolute atomic E-state index is 0.409. The van der Waals surface area contributed by atoms with Crippen molar-refractivity contribution in [3.8, 4) is 11.5 Å². The average Bonchev–Trinajstić information content (AvgIpc) is 2.38. The Balaban J connectivity index is 2.25. The number of ether oxygens (including phenoxy) is 2. The van der Waals surface area contributed by atoms with Crippen LogP contribution in [0.5, 0.6) is 11.5 Å². The van der Waals surface area contributed by atoms with Gasteiger partial charge in [-0.2, -0.15) is 0 Å².